The minimum Gasteiger partial charge on any atom is -0.449 e. The molecule has 1 heterocycles. The van der Waals surface area contributed by atoms with Crippen LogP contribution >= 0.6 is 0 Å². The zero-order chi connectivity index (χ0) is 16.6. The summed E-state index contributed by atoms with van der Waals surface area (Å²) in [7, 11) is 0. The first kappa shape index (κ1) is 18.6. The zero-order valence-corrected chi connectivity index (χ0v) is 14.4. The predicted octanol–water partition coefficient (Wildman–Crippen LogP) is 3.26. The summed E-state index contributed by atoms with van der Waals surface area (Å²) in [4.78, 5) is 27.1. The molecule has 1 saturated heterocycles. The van der Waals surface area contributed by atoms with Crippen LogP contribution in [0.25, 0.3) is 0 Å². The van der Waals surface area contributed by atoms with Gasteiger partial charge in [-0.2, -0.15) is 0 Å². The van der Waals surface area contributed by atoms with Crippen molar-refractivity contribution in [1.82, 2.24) is 9.80 Å². The van der Waals surface area contributed by atoms with Gasteiger partial charge in [-0.05, 0) is 27.2 Å². The molecule has 1 rings (SSSR count). The molecule has 22 heavy (non-hydrogen) atoms. The summed E-state index contributed by atoms with van der Waals surface area (Å²) in [5.74, 6) is 0. The molecule has 2 amide bonds. The van der Waals surface area contributed by atoms with E-state index in [2.05, 4.69) is 6.92 Å². The Morgan fingerprint density at radius 2 is 1.45 bits per heavy atom. The van der Waals surface area contributed by atoms with Crippen molar-refractivity contribution in [1.29, 1.82) is 0 Å². The highest BCUT2D eigenvalue weighted by Gasteiger charge is 2.28. The van der Waals surface area contributed by atoms with Crippen molar-refractivity contribution >= 4 is 12.2 Å². The highest BCUT2D eigenvalue weighted by atomic mass is 16.6. The third kappa shape index (κ3) is 7.00. The lowest BCUT2D eigenvalue weighted by molar-refractivity contribution is 0.0129. The normalized spacial score (nSPS) is 15.6. The van der Waals surface area contributed by atoms with E-state index < -0.39 is 5.60 Å². The number of rotatable bonds is 5. The van der Waals surface area contributed by atoms with Crippen LogP contribution in [0.2, 0.25) is 0 Å². The average Bonchev–Trinajstić information content (AvgIpc) is 2.45. The largest absolute Gasteiger partial charge is 0.449 e. The Kier molecular flexibility index (Phi) is 7.48. The Morgan fingerprint density at radius 3 is 1.95 bits per heavy atom. The van der Waals surface area contributed by atoms with E-state index in [9.17, 15) is 9.59 Å². The standard InChI is InChI=1S/C16H30N2O4/c1-5-6-7-8-13-21-14(19)17-9-11-18(12-10-17)15(20)22-16(2,3)4/h5-13H2,1-4H3. The van der Waals surface area contributed by atoms with Gasteiger partial charge in [0.15, 0.2) is 0 Å². The van der Waals surface area contributed by atoms with Crippen molar-refractivity contribution in [2.75, 3.05) is 32.8 Å². The van der Waals surface area contributed by atoms with E-state index in [1.165, 1.54) is 12.8 Å². The molecule has 0 unspecified atom stereocenters. The molecule has 0 aliphatic carbocycles. The van der Waals surface area contributed by atoms with Crippen LogP contribution in [0.4, 0.5) is 9.59 Å². The van der Waals surface area contributed by atoms with Gasteiger partial charge in [-0.25, -0.2) is 9.59 Å². The number of hydrogen-bond acceptors (Lipinski definition) is 4. The minimum absolute atomic E-state index is 0.277. The molecule has 0 radical (unpaired) electrons. The van der Waals surface area contributed by atoms with Crippen molar-refractivity contribution in [2.45, 2.75) is 59.0 Å². The number of nitrogens with zero attached hydrogens (tertiary/aromatic N) is 2. The topological polar surface area (TPSA) is 59.1 Å². The molecule has 1 aliphatic rings. The Hall–Kier alpha value is -1.46. The second kappa shape index (κ2) is 8.86. The number of unbranched alkanes of at least 4 members (excludes halogenated alkanes) is 3. The molecule has 0 atom stereocenters. The van der Waals surface area contributed by atoms with Crippen LogP contribution in [0.15, 0.2) is 0 Å². The molecule has 0 N–H and O–H groups in total. The average molecular weight is 314 g/mol. The Labute approximate surface area is 133 Å². The summed E-state index contributed by atoms with van der Waals surface area (Å²) in [6.45, 7) is 10.1. The molecular formula is C16H30N2O4. The van der Waals surface area contributed by atoms with E-state index in [-0.39, 0.29) is 12.2 Å². The second-order valence-corrected chi connectivity index (χ2v) is 6.63. The maximum atomic E-state index is 11.9. The van der Waals surface area contributed by atoms with E-state index in [1.807, 2.05) is 20.8 Å². The van der Waals surface area contributed by atoms with Crippen LogP contribution in [-0.4, -0.2) is 60.4 Å². The smallest absolute Gasteiger partial charge is 0.410 e. The lowest BCUT2D eigenvalue weighted by Crippen LogP contribution is -2.51. The van der Waals surface area contributed by atoms with Gasteiger partial charge in [0.1, 0.15) is 5.60 Å². The lowest BCUT2D eigenvalue weighted by Gasteiger charge is -2.35. The summed E-state index contributed by atoms with van der Waals surface area (Å²) in [5.41, 5.74) is -0.494. The van der Waals surface area contributed by atoms with Gasteiger partial charge in [-0.3, -0.25) is 0 Å². The quantitative estimate of drug-likeness (QED) is 0.731. The van der Waals surface area contributed by atoms with E-state index >= 15 is 0 Å². The Morgan fingerprint density at radius 1 is 0.909 bits per heavy atom. The van der Waals surface area contributed by atoms with Crippen molar-refractivity contribution in [3.8, 4) is 0 Å². The third-order valence-corrected chi connectivity index (χ3v) is 3.41. The zero-order valence-electron chi connectivity index (χ0n) is 14.4. The van der Waals surface area contributed by atoms with Gasteiger partial charge in [-0.15, -0.1) is 0 Å². The van der Waals surface area contributed by atoms with Gasteiger partial charge < -0.3 is 19.3 Å². The van der Waals surface area contributed by atoms with E-state index in [0.29, 0.717) is 32.8 Å². The van der Waals surface area contributed by atoms with Crippen molar-refractivity contribution in [3.63, 3.8) is 0 Å². The first-order valence-electron chi connectivity index (χ1n) is 8.23. The molecule has 0 spiro atoms. The number of amides is 2. The van der Waals surface area contributed by atoms with Gasteiger partial charge in [-0.1, -0.05) is 26.2 Å². The van der Waals surface area contributed by atoms with Crippen molar-refractivity contribution < 1.29 is 19.1 Å². The molecule has 0 aromatic heterocycles. The summed E-state index contributed by atoms with van der Waals surface area (Å²) < 4.78 is 10.6. The highest BCUT2D eigenvalue weighted by Crippen LogP contribution is 2.12. The number of ether oxygens (including phenoxy) is 2. The maximum Gasteiger partial charge on any atom is 0.410 e. The first-order chi connectivity index (χ1) is 10.3. The van der Waals surface area contributed by atoms with Crippen LogP contribution in [-0.2, 0) is 9.47 Å². The Bertz CT molecular complexity index is 358. The van der Waals surface area contributed by atoms with Gasteiger partial charge in [0.2, 0.25) is 0 Å². The fourth-order valence-corrected chi connectivity index (χ4v) is 2.18. The van der Waals surface area contributed by atoms with Crippen molar-refractivity contribution in [3.05, 3.63) is 0 Å². The van der Waals surface area contributed by atoms with Gasteiger partial charge in [0.25, 0.3) is 0 Å². The molecule has 6 nitrogen and oxygen atoms in total. The van der Waals surface area contributed by atoms with E-state index in [0.717, 1.165) is 12.8 Å². The molecule has 0 aromatic carbocycles. The van der Waals surface area contributed by atoms with E-state index in [4.69, 9.17) is 9.47 Å². The fraction of sp³-hybridized carbons (Fsp3) is 0.875. The van der Waals surface area contributed by atoms with Crippen LogP contribution < -0.4 is 0 Å². The molecular weight excluding hydrogens is 284 g/mol. The fourth-order valence-electron chi connectivity index (χ4n) is 2.18. The molecule has 0 aromatic rings. The molecule has 1 aliphatic heterocycles. The number of piperazine rings is 1. The predicted molar refractivity (Wildman–Crippen MR) is 84.9 cm³/mol. The summed E-state index contributed by atoms with van der Waals surface area (Å²) in [5, 5.41) is 0. The van der Waals surface area contributed by atoms with E-state index in [1.54, 1.807) is 9.80 Å². The molecule has 6 heteroatoms. The molecule has 0 saturated carbocycles. The Balaban J connectivity index is 2.24. The van der Waals surface area contributed by atoms with Gasteiger partial charge >= 0.3 is 12.2 Å². The maximum absolute atomic E-state index is 11.9. The first-order valence-corrected chi connectivity index (χ1v) is 8.23. The van der Waals surface area contributed by atoms with Crippen LogP contribution in [0.3, 0.4) is 0 Å². The SMILES string of the molecule is CCCCCCOC(=O)N1CCN(C(=O)OC(C)(C)C)CC1. The van der Waals surface area contributed by atoms with Crippen LogP contribution in [0.1, 0.15) is 53.4 Å². The van der Waals surface area contributed by atoms with Gasteiger partial charge in [0.05, 0.1) is 6.61 Å². The number of hydrogen-bond donors (Lipinski definition) is 0. The molecule has 1 fully saturated rings. The molecule has 0 bridgehead atoms. The molecule has 128 valence electrons. The minimum atomic E-state index is -0.494. The lowest BCUT2D eigenvalue weighted by atomic mass is 10.2. The summed E-state index contributed by atoms with van der Waals surface area (Å²) in [6, 6.07) is 0. The monoisotopic (exact) mass is 314 g/mol. The number of carbonyl (C=O) groups is 2. The third-order valence-electron chi connectivity index (χ3n) is 3.41. The highest BCUT2D eigenvalue weighted by molar-refractivity contribution is 5.70. The second-order valence-electron chi connectivity index (χ2n) is 6.63. The summed E-state index contributed by atoms with van der Waals surface area (Å²) >= 11 is 0. The summed E-state index contributed by atoms with van der Waals surface area (Å²) in [6.07, 6.45) is 3.75. The van der Waals surface area contributed by atoms with Crippen LogP contribution in [0, 0.1) is 0 Å². The number of carbonyl (C=O) groups excluding carboxylic acids is 2. The van der Waals surface area contributed by atoms with Crippen LogP contribution in [0.5, 0.6) is 0 Å². The van der Waals surface area contributed by atoms with Gasteiger partial charge in [0, 0.05) is 26.2 Å². The van der Waals surface area contributed by atoms with Crippen molar-refractivity contribution in [2.24, 2.45) is 0 Å².